The fourth-order valence-electron chi connectivity index (χ4n) is 3.41. The molecule has 4 aromatic rings. The average molecular weight is 383 g/mol. The molecular weight excluding hydrogens is 362 g/mol. The van der Waals surface area contributed by atoms with Gasteiger partial charge in [0.05, 0.1) is 23.9 Å². The largest absolute Gasteiger partial charge is 0.497 e. The lowest BCUT2D eigenvalue weighted by Crippen LogP contribution is -2.10. The molecule has 29 heavy (non-hydrogen) atoms. The molecule has 0 unspecified atom stereocenters. The fourth-order valence-corrected chi connectivity index (χ4v) is 3.41. The van der Waals surface area contributed by atoms with E-state index in [2.05, 4.69) is 6.07 Å². The van der Waals surface area contributed by atoms with Crippen LogP contribution in [0.1, 0.15) is 21.5 Å². The number of methoxy groups -OCH3 is 1. The van der Waals surface area contributed by atoms with Gasteiger partial charge in [-0.1, -0.05) is 42.0 Å². The van der Waals surface area contributed by atoms with Gasteiger partial charge in [-0.25, -0.2) is 9.78 Å². The highest BCUT2D eigenvalue weighted by atomic mass is 16.5. The Hall–Kier alpha value is -3.66. The molecule has 0 bridgehead atoms. The second-order valence-electron chi connectivity index (χ2n) is 6.96. The molecule has 3 aromatic carbocycles. The van der Waals surface area contributed by atoms with Crippen LogP contribution in [0, 0.1) is 13.8 Å². The molecule has 1 aromatic heterocycles. The maximum Gasteiger partial charge on any atom is 0.344 e. The topological polar surface area (TPSA) is 48.4 Å². The van der Waals surface area contributed by atoms with Gasteiger partial charge in [0.1, 0.15) is 11.5 Å². The van der Waals surface area contributed by atoms with Crippen LogP contribution in [-0.2, 0) is 0 Å². The van der Waals surface area contributed by atoms with E-state index in [1.807, 2.05) is 56.3 Å². The third kappa shape index (κ3) is 3.83. The second-order valence-corrected chi connectivity index (χ2v) is 6.96. The minimum absolute atomic E-state index is 0.412. The highest BCUT2D eigenvalue weighted by Gasteiger charge is 2.17. The van der Waals surface area contributed by atoms with E-state index in [0.29, 0.717) is 17.1 Å². The number of pyridine rings is 1. The molecule has 0 aliphatic heterocycles. The number of rotatable bonds is 4. The van der Waals surface area contributed by atoms with Crippen molar-refractivity contribution in [1.82, 2.24) is 4.98 Å². The Bertz CT molecular complexity index is 1180. The van der Waals surface area contributed by atoms with Crippen molar-refractivity contribution in [2.75, 3.05) is 7.11 Å². The summed E-state index contributed by atoms with van der Waals surface area (Å²) < 4.78 is 10.8. The van der Waals surface area contributed by atoms with Gasteiger partial charge in [0.15, 0.2) is 0 Å². The van der Waals surface area contributed by atoms with Crippen molar-refractivity contribution in [1.29, 1.82) is 0 Å². The molecule has 144 valence electrons. The molecule has 0 N–H and O–H groups in total. The van der Waals surface area contributed by atoms with E-state index in [1.165, 1.54) is 0 Å². The molecule has 0 aliphatic rings. The summed E-state index contributed by atoms with van der Waals surface area (Å²) in [6.45, 7) is 4.02. The molecule has 0 amide bonds. The van der Waals surface area contributed by atoms with Crippen LogP contribution in [0.3, 0.4) is 0 Å². The summed E-state index contributed by atoms with van der Waals surface area (Å²) in [6.07, 6.45) is 0. The number of carbonyl (C=O) groups is 1. The Morgan fingerprint density at radius 2 is 1.55 bits per heavy atom. The molecule has 0 saturated heterocycles. The molecule has 4 heteroatoms. The van der Waals surface area contributed by atoms with Gasteiger partial charge in [-0.3, -0.25) is 0 Å². The summed E-state index contributed by atoms with van der Waals surface area (Å²) in [6, 6.07) is 22.7. The molecule has 1 heterocycles. The normalized spacial score (nSPS) is 10.7. The number of hydrogen-bond donors (Lipinski definition) is 0. The summed E-state index contributed by atoms with van der Waals surface area (Å²) in [5.41, 5.74) is 5.09. The molecule has 0 fully saturated rings. The standard InChI is InChI=1S/C25H21NO3/c1-16-13-17(2)24-21(14-16)22(15-23(26-24)18-7-5-4-6-8-18)25(27)29-20-11-9-19(28-3)10-12-20/h4-15H,1-3H3. The van der Waals surface area contributed by atoms with Gasteiger partial charge in [-0.05, 0) is 55.8 Å². The monoisotopic (exact) mass is 383 g/mol. The van der Waals surface area contributed by atoms with E-state index in [-0.39, 0.29) is 0 Å². The maximum absolute atomic E-state index is 13.1. The minimum atomic E-state index is -0.412. The predicted molar refractivity (Wildman–Crippen MR) is 115 cm³/mol. The third-order valence-electron chi connectivity index (χ3n) is 4.81. The van der Waals surface area contributed by atoms with E-state index in [1.54, 1.807) is 31.4 Å². The number of fused-ring (bicyclic) bond motifs is 1. The zero-order chi connectivity index (χ0) is 20.4. The first-order valence-electron chi connectivity index (χ1n) is 9.39. The average Bonchev–Trinajstić information content (AvgIpc) is 2.74. The van der Waals surface area contributed by atoms with Crippen LogP contribution >= 0.6 is 0 Å². The van der Waals surface area contributed by atoms with Gasteiger partial charge in [0.2, 0.25) is 0 Å². The highest BCUT2D eigenvalue weighted by molar-refractivity contribution is 6.06. The molecule has 4 nitrogen and oxygen atoms in total. The highest BCUT2D eigenvalue weighted by Crippen LogP contribution is 2.29. The van der Waals surface area contributed by atoms with Crippen molar-refractivity contribution in [2.24, 2.45) is 0 Å². The quantitative estimate of drug-likeness (QED) is 0.333. The fraction of sp³-hybridized carbons (Fsp3) is 0.120. The summed E-state index contributed by atoms with van der Waals surface area (Å²) in [4.78, 5) is 17.9. The lowest BCUT2D eigenvalue weighted by Gasteiger charge is -2.12. The number of benzene rings is 3. The SMILES string of the molecule is COc1ccc(OC(=O)c2cc(-c3ccccc3)nc3c(C)cc(C)cc23)cc1. The van der Waals surface area contributed by atoms with E-state index in [0.717, 1.165) is 33.3 Å². The first-order valence-corrected chi connectivity index (χ1v) is 9.39. The van der Waals surface area contributed by atoms with Crippen LogP contribution in [0.25, 0.3) is 22.2 Å². The summed E-state index contributed by atoms with van der Waals surface area (Å²) in [7, 11) is 1.60. The number of hydrogen-bond acceptors (Lipinski definition) is 4. The Morgan fingerprint density at radius 3 is 2.24 bits per heavy atom. The smallest absolute Gasteiger partial charge is 0.344 e. The van der Waals surface area contributed by atoms with Crippen LogP contribution in [0.15, 0.2) is 72.8 Å². The Morgan fingerprint density at radius 1 is 0.862 bits per heavy atom. The first kappa shape index (κ1) is 18.7. The summed E-state index contributed by atoms with van der Waals surface area (Å²) >= 11 is 0. The van der Waals surface area contributed by atoms with Crippen LogP contribution < -0.4 is 9.47 Å². The van der Waals surface area contributed by atoms with Crippen molar-refractivity contribution < 1.29 is 14.3 Å². The van der Waals surface area contributed by atoms with Crippen molar-refractivity contribution in [3.05, 3.63) is 89.5 Å². The first-order chi connectivity index (χ1) is 14.0. The molecule has 0 spiro atoms. The van der Waals surface area contributed by atoms with Gasteiger partial charge in [0, 0.05) is 10.9 Å². The van der Waals surface area contributed by atoms with Gasteiger partial charge >= 0.3 is 5.97 Å². The van der Waals surface area contributed by atoms with E-state index >= 15 is 0 Å². The number of carbonyl (C=O) groups excluding carboxylic acids is 1. The van der Waals surface area contributed by atoms with Crippen molar-refractivity contribution in [3.8, 4) is 22.8 Å². The lowest BCUT2D eigenvalue weighted by molar-refractivity contribution is 0.0736. The number of esters is 1. The van der Waals surface area contributed by atoms with Crippen LogP contribution in [0.5, 0.6) is 11.5 Å². The summed E-state index contributed by atoms with van der Waals surface area (Å²) in [5, 5.41) is 0.792. The number of aromatic nitrogens is 1. The van der Waals surface area contributed by atoms with Crippen molar-refractivity contribution >= 4 is 16.9 Å². The molecule has 4 rings (SSSR count). The van der Waals surface area contributed by atoms with E-state index < -0.39 is 5.97 Å². The van der Waals surface area contributed by atoms with Crippen LogP contribution in [-0.4, -0.2) is 18.1 Å². The Labute approximate surface area is 169 Å². The van der Waals surface area contributed by atoms with Crippen molar-refractivity contribution in [2.45, 2.75) is 13.8 Å². The number of aryl methyl sites for hydroxylation is 2. The Kier molecular flexibility index (Phi) is 5.00. The van der Waals surface area contributed by atoms with Gasteiger partial charge in [-0.2, -0.15) is 0 Å². The van der Waals surface area contributed by atoms with Crippen LogP contribution in [0.4, 0.5) is 0 Å². The van der Waals surface area contributed by atoms with Gasteiger partial charge in [-0.15, -0.1) is 0 Å². The third-order valence-corrected chi connectivity index (χ3v) is 4.81. The zero-order valence-electron chi connectivity index (χ0n) is 16.6. The molecule has 0 saturated carbocycles. The number of nitrogens with zero attached hydrogens (tertiary/aromatic N) is 1. The van der Waals surface area contributed by atoms with E-state index in [4.69, 9.17) is 14.5 Å². The number of ether oxygens (including phenoxy) is 2. The summed E-state index contributed by atoms with van der Waals surface area (Å²) in [5.74, 6) is 0.757. The van der Waals surface area contributed by atoms with Gasteiger partial charge in [0.25, 0.3) is 0 Å². The lowest BCUT2D eigenvalue weighted by atomic mass is 10.00. The van der Waals surface area contributed by atoms with Gasteiger partial charge < -0.3 is 9.47 Å². The zero-order valence-corrected chi connectivity index (χ0v) is 16.6. The molecule has 0 aliphatic carbocycles. The minimum Gasteiger partial charge on any atom is -0.497 e. The Balaban J connectivity index is 1.83. The molecular formula is C25H21NO3. The van der Waals surface area contributed by atoms with E-state index in [9.17, 15) is 4.79 Å². The maximum atomic E-state index is 13.1. The molecule has 0 atom stereocenters. The molecule has 0 radical (unpaired) electrons. The predicted octanol–water partition coefficient (Wildman–Crippen LogP) is 5.75. The van der Waals surface area contributed by atoms with Crippen molar-refractivity contribution in [3.63, 3.8) is 0 Å². The second kappa shape index (κ2) is 7.76. The van der Waals surface area contributed by atoms with Crippen LogP contribution in [0.2, 0.25) is 0 Å².